The predicted molar refractivity (Wildman–Crippen MR) is 63.1 cm³/mol. The molecular formula is C13H18O4. The summed E-state index contributed by atoms with van der Waals surface area (Å²) in [5.74, 6) is -1.23. The van der Waals surface area contributed by atoms with Gasteiger partial charge in [-0.05, 0) is 19.3 Å². The maximum absolute atomic E-state index is 11.4. The molecule has 0 aromatic rings. The largest absolute Gasteiger partial charge is 0.465 e. The molecule has 0 saturated heterocycles. The summed E-state index contributed by atoms with van der Waals surface area (Å²) < 4.78 is 9.96. The summed E-state index contributed by atoms with van der Waals surface area (Å²) in [6, 6.07) is 0. The van der Waals surface area contributed by atoms with E-state index in [0.717, 1.165) is 0 Å². The molecule has 2 unspecified atom stereocenters. The van der Waals surface area contributed by atoms with Gasteiger partial charge in [0.15, 0.2) is 0 Å². The third-order valence-electron chi connectivity index (χ3n) is 2.53. The van der Waals surface area contributed by atoms with Gasteiger partial charge in [-0.3, -0.25) is 9.59 Å². The molecule has 0 aliphatic heterocycles. The standard InChI is InChI=1S/C13H18O4/c1-3-5-7-16-12(14)10-9-11(10)13(15)17-8-6-4-2/h3-4,10-11H,1-2,5-9H2. The molecule has 0 aromatic carbocycles. The van der Waals surface area contributed by atoms with Crippen molar-refractivity contribution in [3.8, 4) is 0 Å². The zero-order chi connectivity index (χ0) is 12.7. The topological polar surface area (TPSA) is 52.6 Å². The molecule has 0 radical (unpaired) electrons. The lowest BCUT2D eigenvalue weighted by atomic mass is 10.3. The van der Waals surface area contributed by atoms with Crippen molar-refractivity contribution in [2.24, 2.45) is 11.8 Å². The molecule has 1 rings (SSSR count). The Morgan fingerprint density at radius 3 is 1.76 bits per heavy atom. The van der Waals surface area contributed by atoms with Crippen molar-refractivity contribution >= 4 is 11.9 Å². The van der Waals surface area contributed by atoms with Crippen molar-refractivity contribution in [3.63, 3.8) is 0 Å². The molecule has 0 heterocycles. The van der Waals surface area contributed by atoms with Crippen molar-refractivity contribution in [1.82, 2.24) is 0 Å². The van der Waals surface area contributed by atoms with Gasteiger partial charge in [0.25, 0.3) is 0 Å². The van der Waals surface area contributed by atoms with Crippen LogP contribution < -0.4 is 0 Å². The van der Waals surface area contributed by atoms with Crippen LogP contribution in [0.15, 0.2) is 25.3 Å². The van der Waals surface area contributed by atoms with Crippen LogP contribution in [-0.2, 0) is 19.1 Å². The summed E-state index contributed by atoms with van der Waals surface area (Å²) >= 11 is 0. The quantitative estimate of drug-likeness (QED) is 0.368. The highest BCUT2D eigenvalue weighted by atomic mass is 16.5. The van der Waals surface area contributed by atoms with E-state index in [1.165, 1.54) is 0 Å². The van der Waals surface area contributed by atoms with Gasteiger partial charge in [-0.1, -0.05) is 12.2 Å². The Kier molecular flexibility index (Phi) is 5.46. The summed E-state index contributed by atoms with van der Waals surface area (Å²) in [6.45, 7) is 7.72. The molecular weight excluding hydrogens is 220 g/mol. The second-order valence-corrected chi connectivity index (χ2v) is 3.94. The van der Waals surface area contributed by atoms with Crippen molar-refractivity contribution in [2.75, 3.05) is 13.2 Å². The fraction of sp³-hybridized carbons (Fsp3) is 0.538. The highest BCUT2D eigenvalue weighted by Crippen LogP contribution is 2.40. The van der Waals surface area contributed by atoms with Crippen LogP contribution in [-0.4, -0.2) is 25.2 Å². The molecule has 94 valence electrons. The van der Waals surface area contributed by atoms with Crippen LogP contribution in [0.4, 0.5) is 0 Å². The summed E-state index contributed by atoms with van der Waals surface area (Å²) in [4.78, 5) is 22.9. The first-order valence-corrected chi connectivity index (χ1v) is 5.75. The number of esters is 2. The first-order chi connectivity index (χ1) is 8.20. The maximum atomic E-state index is 11.4. The third kappa shape index (κ3) is 4.43. The molecule has 0 amide bonds. The highest BCUT2D eigenvalue weighted by molar-refractivity contribution is 5.87. The molecule has 1 aliphatic carbocycles. The lowest BCUT2D eigenvalue weighted by Crippen LogP contribution is -2.14. The average Bonchev–Trinajstić information content (AvgIpc) is 3.09. The smallest absolute Gasteiger partial charge is 0.309 e. The summed E-state index contributed by atoms with van der Waals surface area (Å²) in [5, 5.41) is 0. The highest BCUT2D eigenvalue weighted by Gasteiger charge is 2.50. The van der Waals surface area contributed by atoms with Crippen molar-refractivity contribution in [2.45, 2.75) is 19.3 Å². The Labute approximate surface area is 101 Å². The minimum atomic E-state index is -0.309. The second-order valence-electron chi connectivity index (χ2n) is 3.94. The molecule has 1 saturated carbocycles. The lowest BCUT2D eigenvalue weighted by molar-refractivity contribution is -0.151. The van der Waals surface area contributed by atoms with Crippen LogP contribution in [0, 0.1) is 11.8 Å². The normalized spacial score (nSPS) is 21.4. The fourth-order valence-electron chi connectivity index (χ4n) is 1.42. The van der Waals surface area contributed by atoms with E-state index >= 15 is 0 Å². The number of ether oxygens (including phenoxy) is 2. The van der Waals surface area contributed by atoms with Crippen LogP contribution in [0.5, 0.6) is 0 Å². The third-order valence-corrected chi connectivity index (χ3v) is 2.53. The Bertz CT molecular complexity index is 279. The number of carbonyl (C=O) groups excluding carboxylic acids is 2. The second kappa shape index (κ2) is 6.89. The van der Waals surface area contributed by atoms with Gasteiger partial charge < -0.3 is 9.47 Å². The van der Waals surface area contributed by atoms with Gasteiger partial charge in [0.2, 0.25) is 0 Å². The summed E-state index contributed by atoms with van der Waals surface area (Å²) in [6.07, 6.45) is 5.17. The molecule has 4 nitrogen and oxygen atoms in total. The zero-order valence-electron chi connectivity index (χ0n) is 9.89. The van der Waals surface area contributed by atoms with Crippen LogP contribution >= 0.6 is 0 Å². The first-order valence-electron chi connectivity index (χ1n) is 5.75. The molecule has 0 bridgehead atoms. The van der Waals surface area contributed by atoms with Gasteiger partial charge in [0.1, 0.15) is 0 Å². The molecule has 17 heavy (non-hydrogen) atoms. The maximum Gasteiger partial charge on any atom is 0.309 e. The minimum Gasteiger partial charge on any atom is -0.465 e. The van der Waals surface area contributed by atoms with E-state index in [4.69, 9.17) is 9.47 Å². The van der Waals surface area contributed by atoms with Gasteiger partial charge in [0.05, 0.1) is 25.0 Å². The average molecular weight is 238 g/mol. The van der Waals surface area contributed by atoms with E-state index in [2.05, 4.69) is 13.2 Å². The molecule has 1 fully saturated rings. The van der Waals surface area contributed by atoms with Gasteiger partial charge >= 0.3 is 11.9 Å². The molecule has 4 heteroatoms. The van der Waals surface area contributed by atoms with E-state index in [1.54, 1.807) is 12.2 Å². The summed E-state index contributed by atoms with van der Waals surface area (Å²) in [7, 11) is 0. The van der Waals surface area contributed by atoms with E-state index in [0.29, 0.717) is 32.5 Å². The van der Waals surface area contributed by atoms with Crippen molar-refractivity contribution in [1.29, 1.82) is 0 Å². The molecule has 1 aliphatic rings. The monoisotopic (exact) mass is 238 g/mol. The van der Waals surface area contributed by atoms with E-state index in [1.807, 2.05) is 0 Å². The van der Waals surface area contributed by atoms with Gasteiger partial charge in [-0.25, -0.2) is 0 Å². The fourth-order valence-corrected chi connectivity index (χ4v) is 1.42. The van der Waals surface area contributed by atoms with Crippen LogP contribution in [0.2, 0.25) is 0 Å². The Morgan fingerprint density at radius 2 is 1.41 bits per heavy atom. The minimum absolute atomic E-state index is 0.308. The van der Waals surface area contributed by atoms with Gasteiger partial charge in [-0.15, -0.1) is 13.2 Å². The number of hydrogen-bond acceptors (Lipinski definition) is 4. The van der Waals surface area contributed by atoms with E-state index in [-0.39, 0.29) is 23.8 Å². The lowest BCUT2D eigenvalue weighted by Gasteiger charge is -2.03. The number of carbonyl (C=O) groups is 2. The van der Waals surface area contributed by atoms with Crippen molar-refractivity contribution < 1.29 is 19.1 Å². The molecule has 0 N–H and O–H groups in total. The van der Waals surface area contributed by atoms with Crippen LogP contribution in [0.3, 0.4) is 0 Å². The molecule has 2 atom stereocenters. The molecule has 0 spiro atoms. The Morgan fingerprint density at radius 1 is 1.00 bits per heavy atom. The Hall–Kier alpha value is -1.58. The van der Waals surface area contributed by atoms with Crippen LogP contribution in [0.25, 0.3) is 0 Å². The predicted octanol–water partition coefficient (Wildman–Crippen LogP) is 1.86. The Balaban J connectivity index is 2.18. The van der Waals surface area contributed by atoms with E-state index < -0.39 is 0 Å². The van der Waals surface area contributed by atoms with Crippen LogP contribution in [0.1, 0.15) is 19.3 Å². The van der Waals surface area contributed by atoms with Crippen molar-refractivity contribution in [3.05, 3.63) is 25.3 Å². The molecule has 0 aromatic heterocycles. The van der Waals surface area contributed by atoms with E-state index in [9.17, 15) is 9.59 Å². The van der Waals surface area contributed by atoms with Gasteiger partial charge in [-0.2, -0.15) is 0 Å². The first kappa shape index (κ1) is 13.5. The number of rotatable bonds is 8. The SMILES string of the molecule is C=CCCOC(=O)C1CC1C(=O)OCCC=C. The van der Waals surface area contributed by atoms with Gasteiger partial charge in [0, 0.05) is 0 Å². The number of hydrogen-bond donors (Lipinski definition) is 0. The zero-order valence-corrected chi connectivity index (χ0v) is 9.89. The summed E-state index contributed by atoms with van der Waals surface area (Å²) in [5.41, 5.74) is 0.